The van der Waals surface area contributed by atoms with Crippen LogP contribution in [-0.2, 0) is 5.92 Å². The van der Waals surface area contributed by atoms with Gasteiger partial charge >= 0.3 is 0 Å². The molecule has 4 heteroatoms. The van der Waals surface area contributed by atoms with Crippen molar-refractivity contribution in [2.24, 2.45) is 5.73 Å². The predicted molar refractivity (Wildman–Crippen MR) is 53.8 cm³/mol. The summed E-state index contributed by atoms with van der Waals surface area (Å²) < 4.78 is 26.9. The summed E-state index contributed by atoms with van der Waals surface area (Å²) in [6, 6.07) is 5.30. The largest absolute Gasteiger partial charge is 0.366 e. The molecule has 0 atom stereocenters. The highest BCUT2D eigenvalue weighted by atomic mass is 19.3. The van der Waals surface area contributed by atoms with Crippen LogP contribution in [0, 0.1) is 0 Å². The lowest BCUT2D eigenvalue weighted by atomic mass is 10.0. The highest BCUT2D eigenvalue weighted by Gasteiger charge is 2.30. The van der Waals surface area contributed by atoms with Gasteiger partial charge in [-0.05, 0) is 12.1 Å². The van der Waals surface area contributed by atoms with Gasteiger partial charge < -0.3 is 5.73 Å². The van der Waals surface area contributed by atoms with Crippen molar-refractivity contribution in [1.82, 2.24) is 0 Å². The van der Waals surface area contributed by atoms with Crippen LogP contribution in [0.3, 0.4) is 0 Å². The van der Waals surface area contributed by atoms with Gasteiger partial charge in [0.05, 0.1) is 0 Å². The SMILES string of the molecule is CCCC(F)(F)c1cccc(C(N)=O)c1. The quantitative estimate of drug-likeness (QED) is 0.820. The summed E-state index contributed by atoms with van der Waals surface area (Å²) in [6.45, 7) is 1.69. The maximum absolute atomic E-state index is 13.4. The second-order valence-corrected chi connectivity index (χ2v) is 3.40. The minimum atomic E-state index is -2.89. The van der Waals surface area contributed by atoms with Crippen LogP contribution in [0.2, 0.25) is 0 Å². The molecule has 0 unspecified atom stereocenters. The molecule has 1 aromatic carbocycles. The van der Waals surface area contributed by atoms with E-state index in [1.165, 1.54) is 18.2 Å². The Balaban J connectivity index is 3.04. The number of hydrogen-bond donors (Lipinski definition) is 1. The van der Waals surface area contributed by atoms with Crippen LogP contribution >= 0.6 is 0 Å². The molecule has 2 N–H and O–H groups in total. The molecule has 0 fully saturated rings. The molecule has 0 heterocycles. The van der Waals surface area contributed by atoms with E-state index in [0.29, 0.717) is 6.42 Å². The number of nitrogens with two attached hydrogens (primary N) is 1. The number of carbonyl (C=O) groups is 1. The van der Waals surface area contributed by atoms with Crippen LogP contribution in [0.15, 0.2) is 24.3 Å². The van der Waals surface area contributed by atoms with Crippen LogP contribution in [0.5, 0.6) is 0 Å². The number of benzene rings is 1. The number of rotatable bonds is 4. The summed E-state index contributed by atoms with van der Waals surface area (Å²) >= 11 is 0. The zero-order chi connectivity index (χ0) is 11.5. The molecule has 1 amide bonds. The van der Waals surface area contributed by atoms with Crippen LogP contribution in [0.1, 0.15) is 35.7 Å². The van der Waals surface area contributed by atoms with Crippen molar-refractivity contribution in [3.05, 3.63) is 35.4 Å². The zero-order valence-corrected chi connectivity index (χ0v) is 8.47. The maximum atomic E-state index is 13.4. The number of primary amides is 1. The topological polar surface area (TPSA) is 43.1 Å². The molecule has 0 aliphatic heterocycles. The Hall–Kier alpha value is -1.45. The van der Waals surface area contributed by atoms with Crippen LogP contribution in [0.25, 0.3) is 0 Å². The first-order chi connectivity index (χ1) is 6.97. The second-order valence-electron chi connectivity index (χ2n) is 3.40. The zero-order valence-electron chi connectivity index (χ0n) is 8.47. The molecule has 0 bridgehead atoms. The van der Waals surface area contributed by atoms with Gasteiger partial charge in [-0.1, -0.05) is 25.5 Å². The van der Waals surface area contributed by atoms with Gasteiger partial charge in [-0.25, -0.2) is 8.78 Å². The van der Waals surface area contributed by atoms with Crippen molar-refractivity contribution >= 4 is 5.91 Å². The molecular weight excluding hydrogens is 200 g/mol. The molecule has 0 spiro atoms. The molecule has 15 heavy (non-hydrogen) atoms. The molecule has 1 rings (SSSR count). The van der Waals surface area contributed by atoms with Crippen LogP contribution < -0.4 is 5.73 Å². The lowest BCUT2D eigenvalue weighted by molar-refractivity contribution is -0.0140. The summed E-state index contributed by atoms with van der Waals surface area (Å²) in [7, 11) is 0. The third-order valence-corrected chi connectivity index (χ3v) is 2.13. The van der Waals surface area contributed by atoms with Gasteiger partial charge in [-0.3, -0.25) is 4.79 Å². The number of halogens is 2. The Bertz CT molecular complexity index is 363. The van der Waals surface area contributed by atoms with Crippen molar-refractivity contribution in [1.29, 1.82) is 0 Å². The fraction of sp³-hybridized carbons (Fsp3) is 0.364. The number of amides is 1. The average Bonchev–Trinajstić information content (AvgIpc) is 2.18. The van der Waals surface area contributed by atoms with Gasteiger partial charge in [0.1, 0.15) is 0 Å². The van der Waals surface area contributed by atoms with Crippen molar-refractivity contribution < 1.29 is 13.6 Å². The summed E-state index contributed by atoms with van der Waals surface area (Å²) in [6.07, 6.45) is 0.156. The average molecular weight is 213 g/mol. The minimum Gasteiger partial charge on any atom is -0.366 e. The van der Waals surface area contributed by atoms with Gasteiger partial charge in [-0.15, -0.1) is 0 Å². The summed E-state index contributed by atoms with van der Waals surface area (Å²) in [5.74, 6) is -3.58. The van der Waals surface area contributed by atoms with Crippen molar-refractivity contribution in [3.8, 4) is 0 Å². The Morgan fingerprint density at radius 1 is 1.47 bits per heavy atom. The molecule has 0 saturated heterocycles. The normalized spacial score (nSPS) is 11.4. The van der Waals surface area contributed by atoms with E-state index in [-0.39, 0.29) is 17.5 Å². The standard InChI is InChI=1S/C11H13F2NO/c1-2-6-11(12,13)9-5-3-4-8(7-9)10(14)15/h3-5,7H,2,6H2,1H3,(H2,14,15). The number of alkyl halides is 2. The first kappa shape index (κ1) is 11.6. The lowest BCUT2D eigenvalue weighted by Gasteiger charge is -2.16. The number of carbonyl (C=O) groups excluding carboxylic acids is 1. The molecule has 1 aromatic rings. The number of hydrogen-bond acceptors (Lipinski definition) is 1. The van der Waals surface area contributed by atoms with E-state index in [2.05, 4.69) is 0 Å². The maximum Gasteiger partial charge on any atom is 0.273 e. The van der Waals surface area contributed by atoms with E-state index in [0.717, 1.165) is 6.07 Å². The highest BCUT2D eigenvalue weighted by molar-refractivity contribution is 5.92. The third-order valence-electron chi connectivity index (χ3n) is 2.13. The van der Waals surface area contributed by atoms with E-state index >= 15 is 0 Å². The van der Waals surface area contributed by atoms with Gasteiger partial charge in [0.25, 0.3) is 5.92 Å². The third kappa shape index (κ3) is 2.75. The second kappa shape index (κ2) is 4.38. The molecule has 0 aliphatic carbocycles. The Labute approximate surface area is 87.1 Å². The van der Waals surface area contributed by atoms with Crippen molar-refractivity contribution in [3.63, 3.8) is 0 Å². The highest BCUT2D eigenvalue weighted by Crippen LogP contribution is 2.32. The van der Waals surface area contributed by atoms with E-state index in [1.54, 1.807) is 6.92 Å². The molecule has 0 aromatic heterocycles. The van der Waals surface area contributed by atoms with Gasteiger partial charge in [0.2, 0.25) is 5.91 Å². The minimum absolute atomic E-state index is 0.114. The Morgan fingerprint density at radius 3 is 2.67 bits per heavy atom. The smallest absolute Gasteiger partial charge is 0.273 e. The summed E-state index contributed by atoms with van der Waals surface area (Å²) in [5, 5.41) is 0. The predicted octanol–water partition coefficient (Wildman–Crippen LogP) is 2.68. The van der Waals surface area contributed by atoms with Gasteiger partial charge in [-0.2, -0.15) is 0 Å². The van der Waals surface area contributed by atoms with Crippen LogP contribution in [0.4, 0.5) is 8.78 Å². The monoisotopic (exact) mass is 213 g/mol. The molecule has 0 saturated carbocycles. The molecule has 0 radical (unpaired) electrons. The first-order valence-electron chi connectivity index (χ1n) is 4.75. The van der Waals surface area contributed by atoms with E-state index in [1.807, 2.05) is 0 Å². The molecule has 82 valence electrons. The van der Waals surface area contributed by atoms with Crippen molar-refractivity contribution in [2.75, 3.05) is 0 Å². The van der Waals surface area contributed by atoms with Gasteiger partial charge in [0, 0.05) is 17.5 Å². The molecular formula is C11H13F2NO. The lowest BCUT2D eigenvalue weighted by Crippen LogP contribution is -2.16. The Morgan fingerprint density at radius 2 is 2.13 bits per heavy atom. The summed E-state index contributed by atoms with van der Waals surface area (Å²) in [5.41, 5.74) is 4.98. The molecule has 0 aliphatic rings. The van der Waals surface area contributed by atoms with E-state index < -0.39 is 11.8 Å². The van der Waals surface area contributed by atoms with E-state index in [4.69, 9.17) is 5.73 Å². The summed E-state index contributed by atoms with van der Waals surface area (Å²) in [4.78, 5) is 10.8. The fourth-order valence-corrected chi connectivity index (χ4v) is 1.36. The van der Waals surface area contributed by atoms with E-state index in [9.17, 15) is 13.6 Å². The van der Waals surface area contributed by atoms with Crippen molar-refractivity contribution in [2.45, 2.75) is 25.7 Å². The first-order valence-corrected chi connectivity index (χ1v) is 4.75. The Kier molecular flexibility index (Phi) is 3.39. The molecule has 2 nitrogen and oxygen atoms in total. The van der Waals surface area contributed by atoms with Crippen LogP contribution in [-0.4, -0.2) is 5.91 Å². The van der Waals surface area contributed by atoms with Gasteiger partial charge in [0.15, 0.2) is 0 Å². The fourth-order valence-electron chi connectivity index (χ4n) is 1.36.